The van der Waals surface area contributed by atoms with Crippen LogP contribution in [-0.4, -0.2) is 55.7 Å². The molecule has 0 aromatic rings. The Kier molecular flexibility index (Phi) is 14.5. The molecule has 1 amide bonds. The lowest BCUT2D eigenvalue weighted by Gasteiger charge is -2.19. The number of nitrogens with two attached hydrogens (primary N) is 1. The third kappa shape index (κ3) is 15.3. The van der Waals surface area contributed by atoms with Crippen molar-refractivity contribution in [1.82, 2.24) is 5.32 Å². The Bertz CT molecular complexity index is 576. The Morgan fingerprint density at radius 3 is 1.71 bits per heavy atom. The van der Waals surface area contributed by atoms with Gasteiger partial charge in [-0.15, -0.1) is 0 Å². The molecule has 0 heterocycles. The molecule has 0 unspecified atom stereocenters. The highest BCUT2D eigenvalue weighted by Crippen LogP contribution is 2.07. The van der Waals surface area contributed by atoms with Crippen LogP contribution in [0.3, 0.4) is 0 Å². The van der Waals surface area contributed by atoms with E-state index in [-0.39, 0.29) is 56.7 Å². The smallest absolute Gasteiger partial charge is 0.328 e. The van der Waals surface area contributed by atoms with Gasteiger partial charge in [-0.1, -0.05) is 41.5 Å². The highest BCUT2D eigenvalue weighted by Gasteiger charge is 2.25. The predicted octanol–water partition coefficient (Wildman–Crippen LogP) is 1.96. The number of carbonyl (C=O) groups excluding carboxylic acids is 4. The van der Waals surface area contributed by atoms with Crippen LogP contribution < -0.4 is 11.1 Å². The summed E-state index contributed by atoms with van der Waals surface area (Å²) in [5.74, 6) is -1.57. The number of amides is 1. The highest BCUT2D eigenvalue weighted by atomic mass is 16.5. The molecule has 9 heteroatoms. The molecule has 0 spiro atoms. The second-order valence-corrected chi connectivity index (χ2v) is 8.93. The monoisotopic (exact) mass is 444 g/mol. The van der Waals surface area contributed by atoms with Crippen molar-refractivity contribution in [2.75, 3.05) is 19.8 Å². The number of rotatable bonds is 15. The second kappa shape index (κ2) is 15.6. The van der Waals surface area contributed by atoms with E-state index in [0.29, 0.717) is 6.61 Å². The lowest BCUT2D eigenvalue weighted by molar-refractivity contribution is -0.151. The molecule has 0 aliphatic heterocycles. The predicted molar refractivity (Wildman–Crippen MR) is 116 cm³/mol. The molecule has 0 aliphatic carbocycles. The highest BCUT2D eigenvalue weighted by molar-refractivity contribution is 5.85. The van der Waals surface area contributed by atoms with Gasteiger partial charge in [-0.3, -0.25) is 14.4 Å². The van der Waals surface area contributed by atoms with E-state index in [1.807, 2.05) is 41.5 Å². The standard InChI is InChI=1S/C22H40N2O7/c1-14(2)11-29-20(26)10-8-18(22(28)31-13-16(5)6)24-19(25)9-7-17(23)21(27)30-12-15(3)4/h14-18H,7-13,23H2,1-6H3,(H,24,25)/t17-,18-/m0/s1. The van der Waals surface area contributed by atoms with Gasteiger partial charge in [0.1, 0.15) is 12.1 Å². The number of hydrogen-bond donors (Lipinski definition) is 2. The molecule has 180 valence electrons. The maximum atomic E-state index is 12.4. The largest absolute Gasteiger partial charge is 0.465 e. The summed E-state index contributed by atoms with van der Waals surface area (Å²) in [5.41, 5.74) is 5.77. The van der Waals surface area contributed by atoms with Crippen molar-refractivity contribution in [2.45, 2.75) is 79.3 Å². The van der Waals surface area contributed by atoms with Crippen LogP contribution in [0.25, 0.3) is 0 Å². The quantitative estimate of drug-likeness (QED) is 0.289. The fourth-order valence-electron chi connectivity index (χ4n) is 2.22. The molecule has 0 aromatic heterocycles. The van der Waals surface area contributed by atoms with Gasteiger partial charge in [0.25, 0.3) is 0 Å². The van der Waals surface area contributed by atoms with Crippen molar-refractivity contribution < 1.29 is 33.4 Å². The summed E-state index contributed by atoms with van der Waals surface area (Å²) in [6.07, 6.45) is 0.0359. The van der Waals surface area contributed by atoms with Gasteiger partial charge in [-0.05, 0) is 30.6 Å². The average Bonchev–Trinajstić information content (AvgIpc) is 2.69. The van der Waals surface area contributed by atoms with Crippen molar-refractivity contribution in [3.05, 3.63) is 0 Å². The number of carbonyl (C=O) groups is 4. The van der Waals surface area contributed by atoms with Crippen molar-refractivity contribution >= 4 is 23.8 Å². The number of nitrogens with one attached hydrogen (secondary N) is 1. The third-order valence-electron chi connectivity index (χ3n) is 3.94. The molecule has 31 heavy (non-hydrogen) atoms. The molecule has 0 bridgehead atoms. The van der Waals surface area contributed by atoms with Crippen LogP contribution in [0.1, 0.15) is 67.2 Å². The van der Waals surface area contributed by atoms with Crippen LogP contribution in [0.2, 0.25) is 0 Å². The molecular weight excluding hydrogens is 404 g/mol. The van der Waals surface area contributed by atoms with Crippen LogP contribution >= 0.6 is 0 Å². The van der Waals surface area contributed by atoms with E-state index < -0.39 is 35.9 Å². The van der Waals surface area contributed by atoms with Gasteiger partial charge < -0.3 is 25.3 Å². The second-order valence-electron chi connectivity index (χ2n) is 8.93. The molecule has 0 saturated carbocycles. The van der Waals surface area contributed by atoms with Gasteiger partial charge in [0, 0.05) is 12.8 Å². The molecule has 0 radical (unpaired) electrons. The van der Waals surface area contributed by atoms with E-state index in [4.69, 9.17) is 19.9 Å². The van der Waals surface area contributed by atoms with Gasteiger partial charge in [0.2, 0.25) is 5.91 Å². The van der Waals surface area contributed by atoms with E-state index in [9.17, 15) is 19.2 Å². The zero-order valence-electron chi connectivity index (χ0n) is 19.8. The maximum Gasteiger partial charge on any atom is 0.328 e. The molecule has 9 nitrogen and oxygen atoms in total. The normalized spacial score (nSPS) is 13.1. The Morgan fingerprint density at radius 2 is 1.19 bits per heavy atom. The van der Waals surface area contributed by atoms with E-state index in [1.54, 1.807) is 0 Å². The van der Waals surface area contributed by atoms with Crippen molar-refractivity contribution in [3.63, 3.8) is 0 Å². The van der Waals surface area contributed by atoms with Crippen LogP contribution in [0.15, 0.2) is 0 Å². The van der Waals surface area contributed by atoms with Crippen LogP contribution in [0.4, 0.5) is 0 Å². The minimum absolute atomic E-state index is 0.0323. The Morgan fingerprint density at radius 1 is 0.710 bits per heavy atom. The summed E-state index contributed by atoms with van der Waals surface area (Å²) in [6.45, 7) is 12.2. The van der Waals surface area contributed by atoms with E-state index in [1.165, 1.54) is 0 Å². The van der Waals surface area contributed by atoms with Crippen molar-refractivity contribution in [3.8, 4) is 0 Å². The topological polar surface area (TPSA) is 134 Å². The maximum absolute atomic E-state index is 12.4. The van der Waals surface area contributed by atoms with Crippen LogP contribution in [0, 0.1) is 17.8 Å². The number of hydrogen-bond acceptors (Lipinski definition) is 8. The molecule has 2 atom stereocenters. The SMILES string of the molecule is CC(C)COC(=O)CC[C@H](NC(=O)CC[C@H](N)C(=O)OCC(C)C)C(=O)OCC(C)C. The third-order valence-corrected chi connectivity index (χ3v) is 3.94. The zero-order chi connectivity index (χ0) is 24.0. The molecule has 0 rings (SSSR count). The first-order valence-corrected chi connectivity index (χ1v) is 11.0. The number of esters is 3. The van der Waals surface area contributed by atoms with Gasteiger partial charge in [0.05, 0.1) is 19.8 Å². The first-order chi connectivity index (χ1) is 14.4. The van der Waals surface area contributed by atoms with Gasteiger partial charge in [-0.25, -0.2) is 4.79 Å². The van der Waals surface area contributed by atoms with E-state index in [0.717, 1.165) is 0 Å². The summed E-state index contributed by atoms with van der Waals surface area (Å²) < 4.78 is 15.4. The Labute approximate surface area is 185 Å². The lowest BCUT2D eigenvalue weighted by Crippen LogP contribution is -2.43. The van der Waals surface area contributed by atoms with Gasteiger partial charge in [0.15, 0.2) is 0 Å². The molecule has 3 N–H and O–H groups in total. The average molecular weight is 445 g/mol. The fourth-order valence-corrected chi connectivity index (χ4v) is 2.22. The summed E-state index contributed by atoms with van der Waals surface area (Å²) in [7, 11) is 0. The summed E-state index contributed by atoms with van der Waals surface area (Å²) in [5, 5.41) is 2.58. The number of ether oxygens (including phenoxy) is 3. The lowest BCUT2D eigenvalue weighted by atomic mass is 10.1. The van der Waals surface area contributed by atoms with E-state index >= 15 is 0 Å². The van der Waals surface area contributed by atoms with E-state index in [2.05, 4.69) is 5.32 Å². The minimum Gasteiger partial charge on any atom is -0.465 e. The molecule has 0 aliphatic rings. The Hall–Kier alpha value is -2.16. The van der Waals surface area contributed by atoms with Crippen LogP contribution in [0.5, 0.6) is 0 Å². The van der Waals surface area contributed by atoms with Gasteiger partial charge >= 0.3 is 17.9 Å². The summed E-state index contributed by atoms with van der Waals surface area (Å²) in [4.78, 5) is 48.4. The fraction of sp³-hybridized carbons (Fsp3) is 0.818. The Balaban J connectivity index is 4.70. The summed E-state index contributed by atoms with van der Waals surface area (Å²) >= 11 is 0. The first-order valence-electron chi connectivity index (χ1n) is 11.0. The molecule has 0 fully saturated rings. The molecule has 0 saturated heterocycles. The molecular formula is C22H40N2O7. The van der Waals surface area contributed by atoms with Crippen LogP contribution in [-0.2, 0) is 33.4 Å². The van der Waals surface area contributed by atoms with Gasteiger partial charge in [-0.2, -0.15) is 0 Å². The zero-order valence-corrected chi connectivity index (χ0v) is 19.8. The first kappa shape index (κ1) is 28.8. The van der Waals surface area contributed by atoms with Crippen molar-refractivity contribution in [1.29, 1.82) is 0 Å². The summed E-state index contributed by atoms with van der Waals surface area (Å²) in [6, 6.07) is -1.91. The van der Waals surface area contributed by atoms with Crippen molar-refractivity contribution in [2.24, 2.45) is 23.5 Å². The minimum atomic E-state index is -0.984. The molecule has 0 aromatic carbocycles.